The van der Waals surface area contributed by atoms with Crippen molar-refractivity contribution in [1.29, 1.82) is 0 Å². The summed E-state index contributed by atoms with van der Waals surface area (Å²) in [5.41, 5.74) is 2.90. The van der Waals surface area contributed by atoms with Crippen LogP contribution in [0, 0.1) is 5.92 Å². The van der Waals surface area contributed by atoms with E-state index in [2.05, 4.69) is 20.4 Å². The van der Waals surface area contributed by atoms with E-state index in [0.717, 1.165) is 55.7 Å². The van der Waals surface area contributed by atoms with Gasteiger partial charge in [-0.3, -0.25) is 19.1 Å². The number of pyridine rings is 1. The monoisotopic (exact) mass is 379 g/mol. The Morgan fingerprint density at radius 1 is 1.29 bits per heavy atom. The zero-order valence-electron chi connectivity index (χ0n) is 16.1. The predicted molar refractivity (Wildman–Crippen MR) is 104 cm³/mol. The maximum atomic E-state index is 12.6. The maximum absolute atomic E-state index is 12.6. The number of piperidine rings is 1. The van der Waals surface area contributed by atoms with Gasteiger partial charge in [0.25, 0.3) is 0 Å². The van der Waals surface area contributed by atoms with Crippen LogP contribution in [-0.4, -0.2) is 53.7 Å². The van der Waals surface area contributed by atoms with Crippen LogP contribution in [0.25, 0.3) is 11.3 Å². The smallest absolute Gasteiger partial charge is 0.222 e. The van der Waals surface area contributed by atoms with Gasteiger partial charge in [0, 0.05) is 57.3 Å². The van der Waals surface area contributed by atoms with Gasteiger partial charge >= 0.3 is 0 Å². The summed E-state index contributed by atoms with van der Waals surface area (Å²) in [4.78, 5) is 18.8. The SMILES string of the molecule is Cn1cc(CCC(=O)N2CCC[C@@H](Cn3cc(-c4cccnc4)nn3)C2)cn1. The minimum Gasteiger partial charge on any atom is -0.342 e. The number of amides is 1. The van der Waals surface area contributed by atoms with Crippen LogP contribution in [0.3, 0.4) is 0 Å². The van der Waals surface area contributed by atoms with Crippen molar-refractivity contribution in [3.63, 3.8) is 0 Å². The van der Waals surface area contributed by atoms with E-state index in [1.807, 2.05) is 47.4 Å². The Kier molecular flexibility index (Phi) is 5.45. The number of carbonyl (C=O) groups is 1. The van der Waals surface area contributed by atoms with Crippen molar-refractivity contribution in [2.45, 2.75) is 32.2 Å². The molecule has 0 aliphatic carbocycles. The third kappa shape index (κ3) is 4.44. The molecule has 1 aliphatic heterocycles. The van der Waals surface area contributed by atoms with Gasteiger partial charge in [-0.25, -0.2) is 0 Å². The second kappa shape index (κ2) is 8.33. The Morgan fingerprint density at radius 2 is 2.21 bits per heavy atom. The largest absolute Gasteiger partial charge is 0.342 e. The van der Waals surface area contributed by atoms with Gasteiger partial charge in [0.05, 0.1) is 12.4 Å². The van der Waals surface area contributed by atoms with Crippen LogP contribution in [0.15, 0.2) is 43.1 Å². The lowest BCUT2D eigenvalue weighted by Crippen LogP contribution is -2.41. The van der Waals surface area contributed by atoms with Gasteiger partial charge in [-0.15, -0.1) is 5.10 Å². The van der Waals surface area contributed by atoms with Gasteiger partial charge in [-0.1, -0.05) is 5.21 Å². The van der Waals surface area contributed by atoms with E-state index in [4.69, 9.17) is 0 Å². The van der Waals surface area contributed by atoms with Crippen LogP contribution in [-0.2, 0) is 24.8 Å². The molecule has 3 aromatic heterocycles. The normalized spacial score (nSPS) is 17.0. The quantitative estimate of drug-likeness (QED) is 0.654. The molecule has 0 spiro atoms. The van der Waals surface area contributed by atoms with Crippen molar-refractivity contribution in [2.75, 3.05) is 13.1 Å². The molecule has 8 nitrogen and oxygen atoms in total. The Balaban J connectivity index is 1.31. The second-order valence-corrected chi connectivity index (χ2v) is 7.44. The molecule has 1 saturated heterocycles. The second-order valence-electron chi connectivity index (χ2n) is 7.44. The van der Waals surface area contributed by atoms with Crippen molar-refractivity contribution in [1.82, 2.24) is 34.7 Å². The van der Waals surface area contributed by atoms with E-state index in [1.165, 1.54) is 0 Å². The molecule has 0 unspecified atom stereocenters. The fourth-order valence-electron chi connectivity index (χ4n) is 3.75. The van der Waals surface area contributed by atoms with Gasteiger partial charge in [-0.05, 0) is 42.9 Å². The van der Waals surface area contributed by atoms with Crippen molar-refractivity contribution >= 4 is 5.91 Å². The molecule has 1 aliphatic rings. The first-order valence-electron chi connectivity index (χ1n) is 9.73. The summed E-state index contributed by atoms with van der Waals surface area (Å²) < 4.78 is 3.66. The molecule has 1 amide bonds. The number of likely N-dealkylation sites (tertiary alicyclic amines) is 1. The van der Waals surface area contributed by atoms with Crippen molar-refractivity contribution in [3.8, 4) is 11.3 Å². The average Bonchev–Trinajstić information content (AvgIpc) is 3.36. The number of aryl methyl sites for hydroxylation is 2. The van der Waals surface area contributed by atoms with E-state index >= 15 is 0 Å². The number of aromatic nitrogens is 6. The van der Waals surface area contributed by atoms with Crippen molar-refractivity contribution in [3.05, 3.63) is 48.7 Å². The molecule has 146 valence electrons. The molecular formula is C20H25N7O. The molecular weight excluding hydrogens is 354 g/mol. The minimum absolute atomic E-state index is 0.225. The summed E-state index contributed by atoms with van der Waals surface area (Å²) >= 11 is 0. The fourth-order valence-corrected chi connectivity index (χ4v) is 3.75. The summed E-state index contributed by atoms with van der Waals surface area (Å²) in [5.74, 6) is 0.628. The number of nitrogens with zero attached hydrogens (tertiary/aromatic N) is 7. The molecule has 0 bridgehead atoms. The van der Waals surface area contributed by atoms with Crippen LogP contribution in [0.5, 0.6) is 0 Å². The van der Waals surface area contributed by atoms with Gasteiger partial charge in [0.1, 0.15) is 5.69 Å². The standard InChI is InChI=1S/C20H25N7O/c1-25-12-16(10-22-25)6-7-20(28)26-9-3-4-17(13-26)14-27-15-19(23-24-27)18-5-2-8-21-11-18/h2,5,8,10-12,15,17H,3-4,6-7,9,13-14H2,1H3/t17-/m1/s1. The number of carbonyl (C=O) groups excluding carboxylic acids is 1. The molecule has 1 fully saturated rings. The van der Waals surface area contributed by atoms with E-state index < -0.39 is 0 Å². The Bertz CT molecular complexity index is 918. The van der Waals surface area contributed by atoms with E-state index in [9.17, 15) is 4.79 Å². The molecule has 4 rings (SSSR count). The highest BCUT2D eigenvalue weighted by atomic mass is 16.2. The number of hydrogen-bond donors (Lipinski definition) is 0. The summed E-state index contributed by atoms with van der Waals surface area (Å²) in [7, 11) is 1.89. The van der Waals surface area contributed by atoms with Gasteiger partial charge in [0.15, 0.2) is 0 Å². The number of rotatable bonds is 6. The van der Waals surface area contributed by atoms with Crippen LogP contribution < -0.4 is 0 Å². The molecule has 1 atom stereocenters. The predicted octanol–water partition coefficient (Wildman–Crippen LogP) is 1.95. The highest BCUT2D eigenvalue weighted by molar-refractivity contribution is 5.76. The van der Waals surface area contributed by atoms with Crippen LogP contribution >= 0.6 is 0 Å². The molecule has 28 heavy (non-hydrogen) atoms. The molecule has 0 saturated carbocycles. The molecule has 0 N–H and O–H groups in total. The minimum atomic E-state index is 0.225. The zero-order chi connectivity index (χ0) is 19.3. The summed E-state index contributed by atoms with van der Waals surface area (Å²) in [6, 6.07) is 3.87. The summed E-state index contributed by atoms with van der Waals surface area (Å²) in [6.45, 7) is 2.41. The van der Waals surface area contributed by atoms with Gasteiger partial charge in [0.2, 0.25) is 5.91 Å². The first kappa shape index (κ1) is 18.3. The highest BCUT2D eigenvalue weighted by Crippen LogP contribution is 2.20. The zero-order valence-corrected chi connectivity index (χ0v) is 16.1. The van der Waals surface area contributed by atoms with E-state index in [1.54, 1.807) is 17.1 Å². The molecule has 0 radical (unpaired) electrons. The van der Waals surface area contributed by atoms with Gasteiger partial charge < -0.3 is 4.90 Å². The third-order valence-electron chi connectivity index (χ3n) is 5.20. The Labute approximate surface area is 164 Å². The Hall–Kier alpha value is -3.03. The highest BCUT2D eigenvalue weighted by Gasteiger charge is 2.24. The molecule has 0 aromatic carbocycles. The van der Waals surface area contributed by atoms with Crippen LogP contribution in [0.1, 0.15) is 24.8 Å². The summed E-state index contributed by atoms with van der Waals surface area (Å²) in [5, 5.41) is 12.7. The third-order valence-corrected chi connectivity index (χ3v) is 5.20. The van der Waals surface area contributed by atoms with Crippen molar-refractivity contribution < 1.29 is 4.79 Å². The maximum Gasteiger partial charge on any atom is 0.222 e. The topological polar surface area (TPSA) is 81.7 Å². The van der Waals surface area contributed by atoms with Crippen LogP contribution in [0.4, 0.5) is 0 Å². The molecule has 8 heteroatoms. The van der Waals surface area contributed by atoms with E-state index in [0.29, 0.717) is 12.3 Å². The lowest BCUT2D eigenvalue weighted by molar-refractivity contribution is -0.133. The molecule has 4 heterocycles. The fraction of sp³-hybridized carbons (Fsp3) is 0.450. The lowest BCUT2D eigenvalue weighted by Gasteiger charge is -2.32. The average molecular weight is 379 g/mol. The molecule has 3 aromatic rings. The lowest BCUT2D eigenvalue weighted by atomic mass is 9.97. The van der Waals surface area contributed by atoms with Crippen molar-refractivity contribution in [2.24, 2.45) is 13.0 Å². The van der Waals surface area contributed by atoms with Gasteiger partial charge in [-0.2, -0.15) is 5.10 Å². The first-order chi connectivity index (χ1) is 13.7. The summed E-state index contributed by atoms with van der Waals surface area (Å²) in [6.07, 6.45) is 12.7. The number of hydrogen-bond acceptors (Lipinski definition) is 5. The Morgan fingerprint density at radius 3 is 3.00 bits per heavy atom. The van der Waals surface area contributed by atoms with Crippen LogP contribution in [0.2, 0.25) is 0 Å². The van der Waals surface area contributed by atoms with E-state index in [-0.39, 0.29) is 5.91 Å². The first-order valence-corrected chi connectivity index (χ1v) is 9.73.